The molecule has 141 heavy (non-hydrogen) atoms. The summed E-state index contributed by atoms with van der Waals surface area (Å²) in [6.45, 7) is 20.8. The molecule has 31 nitrogen and oxygen atoms in total. The van der Waals surface area contributed by atoms with Crippen LogP contribution in [0.4, 0.5) is 60.5 Å². The highest BCUT2D eigenvalue weighted by molar-refractivity contribution is 7.72. The van der Waals surface area contributed by atoms with Gasteiger partial charge in [-0.1, -0.05) is 231 Å². The first kappa shape index (κ1) is 102. The second kappa shape index (κ2) is 44.7. The van der Waals surface area contributed by atoms with Gasteiger partial charge in [-0.25, -0.2) is 61.6 Å². The lowest BCUT2D eigenvalue weighted by atomic mass is 10.1. The van der Waals surface area contributed by atoms with E-state index < -0.39 is 12.0 Å². The Morgan fingerprint density at radius 2 is 0.801 bits per heavy atom. The molecule has 36 heteroatoms. The lowest BCUT2D eigenvalue weighted by molar-refractivity contribution is 0.0174. The number of benzene rings is 8. The van der Waals surface area contributed by atoms with Crippen LogP contribution in [0.25, 0.3) is 61.2 Å². The predicted molar refractivity (Wildman–Crippen MR) is 567 cm³/mol. The second-order valence-electron chi connectivity index (χ2n) is 35.8. The zero-order valence-electron chi connectivity index (χ0n) is 80.8. The molecular formula is C105H118F2N26O5S3. The summed E-state index contributed by atoms with van der Waals surface area (Å²) in [5.74, 6) is 1.46. The number of alkyl halides is 2. The average Bonchev–Trinajstić information content (AvgIpc) is 1.61. The van der Waals surface area contributed by atoms with Crippen molar-refractivity contribution in [3.05, 3.63) is 345 Å². The molecule has 730 valence electrons. The number of halogens is 2. The van der Waals surface area contributed by atoms with Gasteiger partial charge >= 0.3 is 22.8 Å². The molecule has 0 aliphatic carbocycles. The number of imidazole rings is 1. The van der Waals surface area contributed by atoms with Gasteiger partial charge in [0.05, 0.1) is 61.3 Å². The fourth-order valence-corrected chi connectivity index (χ4v) is 17.4. The van der Waals surface area contributed by atoms with E-state index in [0.717, 1.165) is 96.7 Å². The number of rotatable bonds is 29. The lowest BCUT2D eigenvalue weighted by Crippen LogP contribution is -2.39. The van der Waals surface area contributed by atoms with Crippen molar-refractivity contribution in [1.82, 2.24) is 95.2 Å². The van der Waals surface area contributed by atoms with Crippen LogP contribution in [0.3, 0.4) is 0 Å². The molecule has 10 aromatic heterocycles. The molecule has 0 saturated carbocycles. The van der Waals surface area contributed by atoms with Crippen molar-refractivity contribution in [2.45, 2.75) is 134 Å². The number of nitrogens with zero attached hydrogens (tertiary/aromatic N) is 22. The van der Waals surface area contributed by atoms with Crippen molar-refractivity contribution in [3.8, 4) is 17.1 Å². The minimum atomic E-state index is -2.90. The highest BCUT2D eigenvalue weighted by Gasteiger charge is 2.29. The maximum Gasteiger partial charge on any atom is 0.331 e. The summed E-state index contributed by atoms with van der Waals surface area (Å²) in [7, 11) is 10.8. The third kappa shape index (κ3) is 22.7. The van der Waals surface area contributed by atoms with Gasteiger partial charge in [0.2, 0.25) is 0 Å². The summed E-state index contributed by atoms with van der Waals surface area (Å²) in [5, 5.41) is 46.2. The Kier molecular flexibility index (Phi) is 32.2. The van der Waals surface area contributed by atoms with E-state index in [1.54, 1.807) is 101 Å². The molecule has 0 aliphatic heterocycles. The molecule has 1 unspecified atom stereocenters. The fourth-order valence-electron chi connectivity index (χ4n) is 16.4. The van der Waals surface area contributed by atoms with Crippen LogP contribution in [0.1, 0.15) is 104 Å². The van der Waals surface area contributed by atoms with Gasteiger partial charge in [0.25, 0.3) is 5.92 Å². The molecule has 18 aromatic rings. The van der Waals surface area contributed by atoms with E-state index in [9.17, 15) is 33.1 Å². The number of para-hydroxylation sites is 4. The number of hydrogen-bond donors (Lipinski definition) is 5. The highest BCUT2D eigenvalue weighted by Crippen LogP contribution is 2.36. The number of hydrogen-bond acceptors (Lipinski definition) is 21. The van der Waals surface area contributed by atoms with Crippen LogP contribution in [0.2, 0.25) is 0 Å². The van der Waals surface area contributed by atoms with Crippen molar-refractivity contribution in [3.63, 3.8) is 0 Å². The summed E-state index contributed by atoms with van der Waals surface area (Å²) >= 11 is 17.3. The van der Waals surface area contributed by atoms with Crippen molar-refractivity contribution >= 4 is 132 Å². The minimum Gasteiger partial charge on any atom is -0.394 e. The molecule has 1 atom stereocenters. The minimum absolute atomic E-state index is 0. The Bertz CT molecular complexity index is 7940. The van der Waals surface area contributed by atoms with Crippen molar-refractivity contribution in [1.29, 1.82) is 0 Å². The fraction of sp³-hybridized carbons (Fsp3) is 0.286. The second-order valence-corrected chi connectivity index (χ2v) is 36.9. The van der Waals surface area contributed by atoms with Gasteiger partial charge < -0.3 is 35.8 Å². The highest BCUT2D eigenvalue weighted by atomic mass is 32.1. The van der Waals surface area contributed by atoms with Crippen molar-refractivity contribution in [2.24, 2.45) is 43.9 Å². The molecule has 18 rings (SSSR count). The molecule has 0 amide bonds. The van der Waals surface area contributed by atoms with Gasteiger partial charge in [0, 0.05) is 145 Å². The number of fused-ring (bicyclic) bond motifs is 4. The molecule has 0 bridgehead atoms. The van der Waals surface area contributed by atoms with E-state index in [-0.39, 0.29) is 60.1 Å². The number of anilines is 9. The molecule has 8 aromatic carbocycles. The summed E-state index contributed by atoms with van der Waals surface area (Å²) in [6.07, 6.45) is 8.86. The summed E-state index contributed by atoms with van der Waals surface area (Å²) in [6, 6.07) is 71.5. The van der Waals surface area contributed by atoms with Crippen LogP contribution in [-0.2, 0) is 79.4 Å². The molecule has 10 heterocycles. The predicted octanol–water partition coefficient (Wildman–Crippen LogP) is 19.5. The molecule has 5 N–H and O–H groups in total. The van der Waals surface area contributed by atoms with Crippen LogP contribution < -0.4 is 54.4 Å². The van der Waals surface area contributed by atoms with E-state index in [4.69, 9.17) is 57.0 Å². The Morgan fingerprint density at radius 1 is 0.440 bits per heavy atom. The zero-order valence-corrected chi connectivity index (χ0v) is 83.3. The first-order valence-electron chi connectivity index (χ1n) is 46.2. The van der Waals surface area contributed by atoms with Crippen LogP contribution in [0.15, 0.2) is 280 Å². The molecular weight excluding hydrogens is 1840 g/mol. The van der Waals surface area contributed by atoms with E-state index >= 15 is 0 Å². The number of aliphatic hydroxyl groups excluding tert-OH is 1. The Morgan fingerprint density at radius 3 is 1.18 bits per heavy atom. The average molecular weight is 1960 g/mol. The van der Waals surface area contributed by atoms with Gasteiger partial charge in [0.15, 0.2) is 28.4 Å². The zero-order chi connectivity index (χ0) is 99.5. The van der Waals surface area contributed by atoms with E-state index in [0.29, 0.717) is 117 Å². The van der Waals surface area contributed by atoms with Gasteiger partial charge in [0.1, 0.15) is 48.1 Å². The smallest absolute Gasteiger partial charge is 0.331 e. The van der Waals surface area contributed by atoms with Gasteiger partial charge in [-0.3, -0.25) is 41.5 Å². The van der Waals surface area contributed by atoms with Crippen molar-refractivity contribution in [2.75, 3.05) is 53.9 Å². The molecule has 0 saturated heterocycles. The Balaban J connectivity index is 0.000000149. The maximum atomic E-state index is 13.7. The quantitative estimate of drug-likeness (QED) is 0.0272. The number of nitrogens with one attached hydrogen (secondary N) is 4. The number of aromatic nitrogens is 20. The van der Waals surface area contributed by atoms with Crippen LogP contribution >= 0.6 is 36.7 Å². The monoisotopic (exact) mass is 1960 g/mol. The van der Waals surface area contributed by atoms with E-state index in [1.165, 1.54) is 30.4 Å². The third-order valence-electron chi connectivity index (χ3n) is 23.5. The lowest BCUT2D eigenvalue weighted by Gasteiger charge is -2.15. The topological polar surface area (TPSA) is 307 Å². The normalized spacial score (nSPS) is 11.8. The number of aliphatic hydroxyl groups is 1. The summed E-state index contributed by atoms with van der Waals surface area (Å²) < 4.78 is 50.9. The van der Waals surface area contributed by atoms with Gasteiger partial charge in [-0.15, -0.1) is 0 Å². The molecule has 0 aliphatic rings. The Labute approximate surface area is 830 Å². The largest absolute Gasteiger partial charge is 0.394 e. The first-order valence-corrected chi connectivity index (χ1v) is 47.4. The van der Waals surface area contributed by atoms with E-state index in [2.05, 4.69) is 98.1 Å². The Hall–Kier alpha value is -15.3. The van der Waals surface area contributed by atoms with Crippen LogP contribution in [0.5, 0.6) is 0 Å². The van der Waals surface area contributed by atoms with Gasteiger partial charge in [-0.05, 0) is 133 Å². The van der Waals surface area contributed by atoms with Crippen LogP contribution in [-0.4, -0.2) is 128 Å². The van der Waals surface area contributed by atoms with Crippen molar-refractivity contribution < 1.29 is 13.9 Å². The first-order chi connectivity index (χ1) is 67.3. The standard InChI is InChI=1S/C28H29N7OS.C26H30F2N6O.C25H25N7O2S.C25H30N6OS.CH4/c1-4-33-27(37)23-25(31-22-9-6-5-7-10-22)35(32-26(23)34(28(33)36)17-19(2)3)18-20-11-13-21(14-12-20)24-29-15-8-16-30-24;1-17(2)15-33-24-21(22(29-4)32(5)25(33)35)23(30-20-9-7-6-8-10-20)34(31-24)16-18-11-13-19(14-12-18)26(3,27)28;1-17(15-33)32-23-21(24(35)29(2)25(32)34)22(27-19-6-4-3-5-7-19)31(28-23)14-18-8-10-20(11-9-18)30-13-12-26-16-30;1-17(2)15-30-23-21(24(33)29(5)25(30)32)22(26-19-9-7-6-8-10-19)31(27-23)16-18-11-13-20(14-12-18)28(3)4;/h5-16,19,31H,4,17-18H2,1-3H3;6-14,17,30H,15-16H2,1-5H3;3-13,16-17,27,33H,14-15H2,1-2H3;6-14,17,26H,15-16H2,1-5H3;1H4. The van der Waals surface area contributed by atoms with Crippen LogP contribution in [0, 0.1) is 31.7 Å². The summed E-state index contributed by atoms with van der Waals surface area (Å²) in [4.78, 5) is 71.9. The third-order valence-corrected chi connectivity index (χ3v) is 24.9. The molecule has 0 fully saturated rings. The van der Waals surface area contributed by atoms with E-state index in [1.807, 2.05) is 230 Å². The summed E-state index contributed by atoms with van der Waals surface area (Å²) in [5.41, 5.74) is 12.5. The maximum absolute atomic E-state index is 13.7. The molecule has 0 spiro atoms. The SMILES string of the molecule is C.CC(C)Cn1c(=O)n(C)c(=S)c2c(Nc3ccccc3)n(Cc3ccc(N(C)C)cc3)nc21.CC(CO)n1c(=O)n(C)c(=S)c2c(Nc3ccccc3)n(Cc3ccc(-n4ccnc4)cc3)nc21.CCn1c(=S)c2c(Nc3ccccc3)n(Cc3ccc(-c4ncccn4)cc3)nc2n(CC(C)C)c1=O.CN=c1c2c(Nc3ccccc3)n(Cc3ccc(C(C)(F)F)cc3)nc2n(CC(C)C)c(=O)n1C. The molecule has 0 radical (unpaired) electrons. The van der Waals surface area contributed by atoms with Gasteiger partial charge in [-0.2, -0.15) is 20.4 Å².